The third-order valence-electron chi connectivity index (χ3n) is 2.80. The van der Waals surface area contributed by atoms with E-state index in [0.29, 0.717) is 0 Å². The van der Waals surface area contributed by atoms with E-state index in [1.54, 1.807) is 6.07 Å². The zero-order chi connectivity index (χ0) is 12.8. The van der Waals surface area contributed by atoms with Gasteiger partial charge >= 0.3 is 5.82 Å². The van der Waals surface area contributed by atoms with Crippen LogP contribution in [-0.2, 0) is 0 Å². The minimum atomic E-state index is -0.491. The fourth-order valence-corrected chi connectivity index (χ4v) is 2.76. The topological polar surface area (TPSA) is 71.3 Å². The van der Waals surface area contributed by atoms with Crippen molar-refractivity contribution in [1.82, 2.24) is 9.88 Å². The average Bonchev–Trinajstić information content (AvgIpc) is 2.40. The number of thioether (sulfide) groups is 1. The molecule has 0 amide bonds. The number of aromatic nitrogens is 1. The summed E-state index contributed by atoms with van der Waals surface area (Å²) in [6.07, 6.45) is 1.50. The van der Waals surface area contributed by atoms with Crippen LogP contribution in [0.3, 0.4) is 0 Å². The Labute approximate surface area is 110 Å². The number of hydrogen-bond acceptors (Lipinski definition) is 6. The molecule has 1 N–H and O–H groups in total. The lowest BCUT2D eigenvalue weighted by atomic mass is 10.4. The monoisotopic (exact) mass is 268 g/mol. The van der Waals surface area contributed by atoms with E-state index in [9.17, 15) is 10.1 Å². The number of pyridine rings is 1. The van der Waals surface area contributed by atoms with Crippen LogP contribution < -0.4 is 5.32 Å². The molecule has 7 heteroatoms. The van der Waals surface area contributed by atoms with E-state index in [2.05, 4.69) is 15.2 Å². The van der Waals surface area contributed by atoms with Crippen molar-refractivity contribution in [3.63, 3.8) is 0 Å². The minimum Gasteiger partial charge on any atom is -0.381 e. The summed E-state index contributed by atoms with van der Waals surface area (Å²) in [6.45, 7) is 4.12. The van der Waals surface area contributed by atoms with Gasteiger partial charge in [0.25, 0.3) is 0 Å². The molecular weight excluding hydrogens is 252 g/mol. The molecule has 1 aromatic rings. The third-order valence-corrected chi connectivity index (χ3v) is 3.74. The molecule has 0 radical (unpaired) electrons. The second-order valence-corrected chi connectivity index (χ2v) is 5.27. The van der Waals surface area contributed by atoms with Gasteiger partial charge in [-0.25, -0.2) is 0 Å². The van der Waals surface area contributed by atoms with Gasteiger partial charge in [-0.2, -0.15) is 11.8 Å². The molecule has 0 saturated carbocycles. The van der Waals surface area contributed by atoms with Gasteiger partial charge in [-0.15, -0.1) is 0 Å². The Morgan fingerprint density at radius 1 is 1.44 bits per heavy atom. The fraction of sp³-hybridized carbons (Fsp3) is 0.545. The molecule has 0 aliphatic carbocycles. The Morgan fingerprint density at radius 2 is 2.22 bits per heavy atom. The first-order chi connectivity index (χ1) is 8.75. The van der Waals surface area contributed by atoms with Crippen LogP contribution in [0.1, 0.15) is 0 Å². The average molecular weight is 268 g/mol. The molecule has 0 atom stereocenters. The van der Waals surface area contributed by atoms with Gasteiger partial charge < -0.3 is 15.4 Å². The predicted octanol–water partition coefficient (Wildman–Crippen LogP) is 1.45. The van der Waals surface area contributed by atoms with Crippen molar-refractivity contribution < 1.29 is 4.92 Å². The Hall–Kier alpha value is -1.34. The van der Waals surface area contributed by atoms with Crippen molar-refractivity contribution in [1.29, 1.82) is 0 Å². The third kappa shape index (κ3) is 3.85. The first-order valence-corrected chi connectivity index (χ1v) is 7.05. The summed E-state index contributed by atoms with van der Waals surface area (Å²) < 4.78 is 0. The summed E-state index contributed by atoms with van der Waals surface area (Å²) in [4.78, 5) is 16.1. The normalized spacial score (nSPS) is 16.4. The molecule has 1 aliphatic heterocycles. The molecule has 1 saturated heterocycles. The maximum absolute atomic E-state index is 10.4. The highest BCUT2D eigenvalue weighted by Gasteiger charge is 2.10. The van der Waals surface area contributed by atoms with Crippen molar-refractivity contribution in [2.24, 2.45) is 0 Å². The molecule has 18 heavy (non-hydrogen) atoms. The highest BCUT2D eigenvalue weighted by Crippen LogP contribution is 2.12. The Bertz CT molecular complexity index is 393. The van der Waals surface area contributed by atoms with E-state index < -0.39 is 4.92 Å². The van der Waals surface area contributed by atoms with E-state index in [0.717, 1.165) is 31.9 Å². The van der Waals surface area contributed by atoms with Gasteiger partial charge in [0.2, 0.25) is 0 Å². The molecule has 2 rings (SSSR count). The number of anilines is 1. The lowest BCUT2D eigenvalue weighted by Gasteiger charge is -2.26. The summed E-state index contributed by atoms with van der Waals surface area (Å²) >= 11 is 2.00. The van der Waals surface area contributed by atoms with Crippen LogP contribution in [0, 0.1) is 10.1 Å². The Balaban J connectivity index is 1.74. The summed E-state index contributed by atoms with van der Waals surface area (Å²) in [5, 5.41) is 13.7. The van der Waals surface area contributed by atoms with Crippen LogP contribution in [0.5, 0.6) is 0 Å². The number of nitro groups is 1. The quantitative estimate of drug-likeness (QED) is 0.644. The first kappa shape index (κ1) is 13.1. The molecule has 1 aliphatic rings. The van der Waals surface area contributed by atoms with Crippen molar-refractivity contribution in [2.45, 2.75) is 0 Å². The van der Waals surface area contributed by atoms with E-state index in [1.165, 1.54) is 23.8 Å². The summed E-state index contributed by atoms with van der Waals surface area (Å²) in [6, 6.07) is 3.11. The molecule has 98 valence electrons. The van der Waals surface area contributed by atoms with Crippen molar-refractivity contribution >= 4 is 23.3 Å². The standard InChI is InChI=1S/C11H16N4O2S/c16-15(17)11-2-1-10(9-13-11)12-3-4-14-5-7-18-8-6-14/h1-2,9,12H,3-8H2. The van der Waals surface area contributed by atoms with Crippen LogP contribution in [0.4, 0.5) is 11.5 Å². The van der Waals surface area contributed by atoms with Crippen LogP contribution in [0.25, 0.3) is 0 Å². The summed E-state index contributed by atoms with van der Waals surface area (Å²) in [7, 11) is 0. The fourth-order valence-electron chi connectivity index (χ4n) is 1.78. The van der Waals surface area contributed by atoms with Crippen molar-refractivity contribution in [3.8, 4) is 0 Å². The summed E-state index contributed by atoms with van der Waals surface area (Å²) in [5.74, 6) is 2.30. The van der Waals surface area contributed by atoms with Gasteiger partial charge in [0, 0.05) is 43.8 Å². The molecule has 0 bridgehead atoms. The lowest BCUT2D eigenvalue weighted by molar-refractivity contribution is -0.389. The van der Waals surface area contributed by atoms with Gasteiger partial charge in [-0.1, -0.05) is 0 Å². The van der Waals surface area contributed by atoms with E-state index >= 15 is 0 Å². The lowest BCUT2D eigenvalue weighted by Crippen LogP contribution is -2.36. The van der Waals surface area contributed by atoms with E-state index in [-0.39, 0.29) is 5.82 Å². The highest BCUT2D eigenvalue weighted by molar-refractivity contribution is 7.99. The van der Waals surface area contributed by atoms with Gasteiger partial charge in [-0.3, -0.25) is 4.90 Å². The SMILES string of the molecule is O=[N+]([O-])c1ccc(NCCN2CCSCC2)cn1. The van der Waals surface area contributed by atoms with E-state index in [4.69, 9.17) is 0 Å². The molecule has 1 fully saturated rings. The molecule has 6 nitrogen and oxygen atoms in total. The first-order valence-electron chi connectivity index (χ1n) is 5.90. The molecular formula is C11H16N4O2S. The molecule has 1 aromatic heterocycles. The number of rotatable bonds is 5. The van der Waals surface area contributed by atoms with Crippen LogP contribution in [-0.4, -0.2) is 52.5 Å². The van der Waals surface area contributed by atoms with Crippen molar-refractivity contribution in [2.75, 3.05) is 43.0 Å². The zero-order valence-corrected chi connectivity index (χ0v) is 10.9. The van der Waals surface area contributed by atoms with Crippen LogP contribution >= 0.6 is 11.8 Å². The smallest absolute Gasteiger partial charge is 0.363 e. The largest absolute Gasteiger partial charge is 0.381 e. The molecule has 0 spiro atoms. The Kier molecular flexibility index (Phi) is 4.77. The predicted molar refractivity (Wildman–Crippen MR) is 73.1 cm³/mol. The van der Waals surface area contributed by atoms with Gasteiger partial charge in [0.15, 0.2) is 6.20 Å². The Morgan fingerprint density at radius 3 is 2.83 bits per heavy atom. The molecule has 2 heterocycles. The van der Waals surface area contributed by atoms with Gasteiger partial charge in [0.05, 0.1) is 5.69 Å². The van der Waals surface area contributed by atoms with Gasteiger partial charge in [0.1, 0.15) is 0 Å². The summed E-state index contributed by atoms with van der Waals surface area (Å²) in [5.41, 5.74) is 0.826. The minimum absolute atomic E-state index is 0.117. The second-order valence-electron chi connectivity index (χ2n) is 4.04. The van der Waals surface area contributed by atoms with Crippen molar-refractivity contribution in [3.05, 3.63) is 28.4 Å². The number of hydrogen-bond donors (Lipinski definition) is 1. The van der Waals surface area contributed by atoms with Gasteiger partial charge in [-0.05, 0) is 16.0 Å². The maximum Gasteiger partial charge on any atom is 0.363 e. The van der Waals surface area contributed by atoms with Crippen LogP contribution in [0.2, 0.25) is 0 Å². The molecule has 0 aromatic carbocycles. The molecule has 0 unspecified atom stereocenters. The van der Waals surface area contributed by atoms with E-state index in [1.807, 2.05) is 11.8 Å². The van der Waals surface area contributed by atoms with Crippen LogP contribution in [0.15, 0.2) is 18.3 Å². The number of nitrogens with zero attached hydrogens (tertiary/aromatic N) is 3. The zero-order valence-electron chi connectivity index (χ0n) is 10.0. The highest BCUT2D eigenvalue weighted by atomic mass is 32.2. The number of nitrogens with one attached hydrogen (secondary N) is 1. The maximum atomic E-state index is 10.4. The second kappa shape index (κ2) is 6.55.